The van der Waals surface area contributed by atoms with Crippen LogP contribution in [0.2, 0.25) is 0 Å². The third-order valence-corrected chi connectivity index (χ3v) is 5.17. The number of hydrogen-bond donors (Lipinski definition) is 0. The molecule has 25 heavy (non-hydrogen) atoms. The topological polar surface area (TPSA) is 78.2 Å². The third-order valence-electron chi connectivity index (χ3n) is 5.17. The number of hydrogen-bond acceptors (Lipinski definition) is 7. The second-order valence-electron chi connectivity index (χ2n) is 6.45. The van der Waals surface area contributed by atoms with Crippen molar-refractivity contribution in [2.45, 2.75) is 18.9 Å². The summed E-state index contributed by atoms with van der Waals surface area (Å²) in [6.07, 6.45) is 7.41. The van der Waals surface area contributed by atoms with Crippen LogP contribution in [-0.2, 0) is 0 Å². The van der Waals surface area contributed by atoms with Gasteiger partial charge in [0.2, 0.25) is 5.95 Å². The van der Waals surface area contributed by atoms with Gasteiger partial charge in [-0.2, -0.15) is 5.26 Å². The van der Waals surface area contributed by atoms with Gasteiger partial charge in [0.25, 0.3) is 0 Å². The number of aromatic nitrogens is 3. The number of methoxy groups -OCH3 is 1. The normalized spacial score (nSPS) is 22.4. The fourth-order valence-electron chi connectivity index (χ4n) is 3.88. The predicted octanol–water partition coefficient (Wildman–Crippen LogP) is 1.86. The molecule has 0 spiro atoms. The van der Waals surface area contributed by atoms with Gasteiger partial charge in [-0.1, -0.05) is 0 Å². The van der Waals surface area contributed by atoms with Crippen molar-refractivity contribution in [2.24, 2.45) is 5.92 Å². The molecule has 2 unspecified atom stereocenters. The second-order valence-corrected chi connectivity index (χ2v) is 6.45. The molecule has 0 aromatic carbocycles. The zero-order valence-corrected chi connectivity index (χ0v) is 14.2. The van der Waals surface area contributed by atoms with Gasteiger partial charge in [-0.05, 0) is 30.9 Å². The van der Waals surface area contributed by atoms with E-state index in [0.717, 1.165) is 44.2 Å². The summed E-state index contributed by atoms with van der Waals surface area (Å²) in [5, 5.41) is 9.40. The second kappa shape index (κ2) is 6.55. The molecule has 0 radical (unpaired) electrons. The van der Waals surface area contributed by atoms with Gasteiger partial charge in [-0.15, -0.1) is 0 Å². The van der Waals surface area contributed by atoms with Crippen molar-refractivity contribution in [3.63, 3.8) is 0 Å². The van der Waals surface area contributed by atoms with Crippen LogP contribution in [-0.4, -0.2) is 47.7 Å². The number of nitrogens with zero attached hydrogens (tertiary/aromatic N) is 6. The zero-order valence-electron chi connectivity index (χ0n) is 14.2. The number of fused-ring (bicyclic) bond motifs is 1. The van der Waals surface area contributed by atoms with E-state index in [1.54, 1.807) is 25.7 Å². The van der Waals surface area contributed by atoms with Crippen molar-refractivity contribution >= 4 is 11.8 Å². The van der Waals surface area contributed by atoms with Gasteiger partial charge >= 0.3 is 0 Å². The van der Waals surface area contributed by atoms with E-state index in [4.69, 9.17) is 4.74 Å². The number of pyridine rings is 1. The van der Waals surface area contributed by atoms with Gasteiger partial charge in [0.15, 0.2) is 5.75 Å². The molecule has 2 aromatic heterocycles. The van der Waals surface area contributed by atoms with Crippen LogP contribution in [0, 0.1) is 17.2 Å². The molecule has 2 aromatic rings. The monoisotopic (exact) mass is 336 g/mol. The smallest absolute Gasteiger partial charge is 0.225 e. The van der Waals surface area contributed by atoms with Gasteiger partial charge < -0.3 is 14.5 Å². The molecule has 0 saturated carbocycles. The summed E-state index contributed by atoms with van der Waals surface area (Å²) < 4.78 is 5.14. The van der Waals surface area contributed by atoms with Crippen LogP contribution in [0.4, 0.5) is 11.8 Å². The quantitative estimate of drug-likeness (QED) is 0.846. The predicted molar refractivity (Wildman–Crippen MR) is 93.6 cm³/mol. The first-order valence-electron chi connectivity index (χ1n) is 8.53. The van der Waals surface area contributed by atoms with Gasteiger partial charge in [0.05, 0.1) is 31.1 Å². The average Bonchev–Trinajstić information content (AvgIpc) is 3.11. The lowest BCUT2D eigenvalue weighted by Gasteiger charge is -2.39. The summed E-state index contributed by atoms with van der Waals surface area (Å²) in [7, 11) is 1.61. The first kappa shape index (κ1) is 15.6. The SMILES string of the molecule is COc1cnc(N2CCC3CCN(c4ncccc4C#N)C3C2)nc1. The van der Waals surface area contributed by atoms with Gasteiger partial charge in [0, 0.05) is 25.8 Å². The van der Waals surface area contributed by atoms with E-state index in [2.05, 4.69) is 30.8 Å². The summed E-state index contributed by atoms with van der Waals surface area (Å²) in [5.74, 6) is 2.82. The van der Waals surface area contributed by atoms with Crippen molar-refractivity contribution in [2.75, 3.05) is 36.5 Å². The minimum atomic E-state index is 0.335. The standard InChI is InChI=1S/C18H20N6O/c1-25-15-10-21-18(22-11-15)23-7-4-13-5-8-24(16(13)12-23)17-14(9-19)3-2-6-20-17/h2-3,6,10-11,13,16H,4-5,7-8,12H2,1H3. The van der Waals surface area contributed by atoms with Crippen molar-refractivity contribution in [3.8, 4) is 11.8 Å². The van der Waals surface area contributed by atoms with Crippen molar-refractivity contribution < 1.29 is 4.74 Å². The fourth-order valence-corrected chi connectivity index (χ4v) is 3.88. The Kier molecular flexibility index (Phi) is 4.10. The Morgan fingerprint density at radius 2 is 2.00 bits per heavy atom. The fraction of sp³-hybridized carbons (Fsp3) is 0.444. The molecule has 2 saturated heterocycles. The highest BCUT2D eigenvalue weighted by Crippen LogP contribution is 2.36. The lowest BCUT2D eigenvalue weighted by Crippen LogP contribution is -2.49. The van der Waals surface area contributed by atoms with Crippen molar-refractivity contribution in [1.29, 1.82) is 5.26 Å². The van der Waals surface area contributed by atoms with E-state index in [1.165, 1.54) is 0 Å². The minimum Gasteiger partial charge on any atom is -0.494 e. The van der Waals surface area contributed by atoms with Crippen LogP contribution >= 0.6 is 0 Å². The molecule has 7 nitrogen and oxygen atoms in total. The van der Waals surface area contributed by atoms with Crippen molar-refractivity contribution in [3.05, 3.63) is 36.3 Å². The zero-order chi connectivity index (χ0) is 17.2. The van der Waals surface area contributed by atoms with E-state index >= 15 is 0 Å². The molecule has 128 valence electrons. The van der Waals surface area contributed by atoms with Crippen LogP contribution in [0.1, 0.15) is 18.4 Å². The van der Waals surface area contributed by atoms with Gasteiger partial charge in [-0.25, -0.2) is 15.0 Å². The molecule has 7 heteroatoms. The molecular formula is C18H20N6O. The highest BCUT2D eigenvalue weighted by molar-refractivity contribution is 5.55. The molecule has 4 rings (SSSR count). The average molecular weight is 336 g/mol. The molecule has 0 amide bonds. The van der Waals surface area contributed by atoms with E-state index in [-0.39, 0.29) is 0 Å². The Bertz CT molecular complexity index is 787. The number of ether oxygens (including phenoxy) is 1. The Morgan fingerprint density at radius 3 is 2.76 bits per heavy atom. The summed E-state index contributed by atoms with van der Waals surface area (Å²) in [5.41, 5.74) is 0.640. The molecule has 0 bridgehead atoms. The van der Waals surface area contributed by atoms with Crippen LogP contribution in [0.3, 0.4) is 0 Å². The van der Waals surface area contributed by atoms with Crippen LogP contribution < -0.4 is 14.5 Å². The largest absolute Gasteiger partial charge is 0.494 e. The molecule has 2 atom stereocenters. The number of anilines is 2. The molecule has 0 N–H and O–H groups in total. The summed E-state index contributed by atoms with van der Waals surface area (Å²) in [4.78, 5) is 17.8. The van der Waals surface area contributed by atoms with Gasteiger partial charge in [0.1, 0.15) is 11.9 Å². The Labute approximate surface area is 146 Å². The molecule has 4 heterocycles. The first-order valence-corrected chi connectivity index (χ1v) is 8.53. The highest BCUT2D eigenvalue weighted by atomic mass is 16.5. The third kappa shape index (κ3) is 2.84. The lowest BCUT2D eigenvalue weighted by atomic mass is 9.92. The summed E-state index contributed by atoms with van der Waals surface area (Å²) in [6.45, 7) is 2.74. The molecule has 2 fully saturated rings. The number of piperidine rings is 1. The van der Waals surface area contributed by atoms with Crippen LogP contribution in [0.15, 0.2) is 30.7 Å². The molecule has 2 aliphatic rings. The number of nitriles is 1. The Morgan fingerprint density at radius 1 is 1.20 bits per heavy atom. The molecule has 0 aliphatic carbocycles. The highest BCUT2D eigenvalue weighted by Gasteiger charge is 2.40. The summed E-state index contributed by atoms with van der Waals surface area (Å²) >= 11 is 0. The maximum atomic E-state index is 9.40. The van der Waals surface area contributed by atoms with E-state index in [9.17, 15) is 5.26 Å². The van der Waals surface area contributed by atoms with Crippen LogP contribution in [0.5, 0.6) is 5.75 Å². The van der Waals surface area contributed by atoms with E-state index in [1.807, 2.05) is 12.1 Å². The maximum absolute atomic E-state index is 9.40. The Hall–Kier alpha value is -2.88. The Balaban J connectivity index is 1.57. The minimum absolute atomic E-state index is 0.335. The van der Waals surface area contributed by atoms with Gasteiger partial charge in [-0.3, -0.25) is 0 Å². The van der Waals surface area contributed by atoms with E-state index < -0.39 is 0 Å². The number of rotatable bonds is 3. The summed E-state index contributed by atoms with van der Waals surface area (Å²) in [6, 6.07) is 6.25. The molecule has 2 aliphatic heterocycles. The van der Waals surface area contributed by atoms with E-state index in [0.29, 0.717) is 23.3 Å². The van der Waals surface area contributed by atoms with Crippen molar-refractivity contribution in [1.82, 2.24) is 15.0 Å². The lowest BCUT2D eigenvalue weighted by molar-refractivity contribution is 0.385. The maximum Gasteiger partial charge on any atom is 0.225 e. The van der Waals surface area contributed by atoms with Crippen LogP contribution in [0.25, 0.3) is 0 Å². The molecular weight excluding hydrogens is 316 g/mol. The first-order chi connectivity index (χ1) is 12.3.